The Bertz CT molecular complexity index is 1780. The molecule has 0 atom stereocenters. The minimum Gasteiger partial charge on any atom is -0.495 e. The summed E-state index contributed by atoms with van der Waals surface area (Å²) in [6.45, 7) is 6.37. The van der Waals surface area contributed by atoms with Crippen LogP contribution in [-0.2, 0) is 10.0 Å². The van der Waals surface area contributed by atoms with Crippen molar-refractivity contribution in [3.05, 3.63) is 87.2 Å². The molecule has 0 aliphatic rings. The zero-order valence-corrected chi connectivity index (χ0v) is 23.0. The van der Waals surface area contributed by atoms with Crippen molar-refractivity contribution in [2.75, 3.05) is 18.1 Å². The monoisotopic (exact) mass is 533 g/mol. The van der Waals surface area contributed by atoms with E-state index < -0.39 is 29.3 Å². The van der Waals surface area contributed by atoms with Gasteiger partial charge in [0, 0.05) is 23.5 Å². The summed E-state index contributed by atoms with van der Waals surface area (Å²) in [6.07, 6.45) is 2.42. The molecule has 0 spiro atoms. The number of ether oxygens (including phenoxy) is 1. The molecule has 4 aromatic rings. The third-order valence-corrected chi connectivity index (χ3v) is 6.90. The van der Waals surface area contributed by atoms with Crippen LogP contribution in [0.25, 0.3) is 27.6 Å². The number of nitrogens with one attached hydrogen (secondary N) is 2. The molecule has 4 rings (SSSR count). The number of anilines is 1. The van der Waals surface area contributed by atoms with Crippen molar-refractivity contribution in [2.45, 2.75) is 19.6 Å². The average Bonchev–Trinajstić information content (AvgIpc) is 2.80. The van der Waals surface area contributed by atoms with Crippen molar-refractivity contribution in [2.24, 2.45) is 0 Å². The van der Waals surface area contributed by atoms with Crippen LogP contribution in [0.5, 0.6) is 5.75 Å². The fourth-order valence-electron chi connectivity index (χ4n) is 3.88. The van der Waals surface area contributed by atoms with Gasteiger partial charge in [-0.15, -0.1) is 5.54 Å². The van der Waals surface area contributed by atoms with Crippen molar-refractivity contribution in [3.8, 4) is 34.0 Å². The molecule has 0 radical (unpaired) electrons. The molecule has 8 nitrogen and oxygen atoms in total. The van der Waals surface area contributed by atoms with Crippen molar-refractivity contribution < 1.29 is 13.2 Å². The van der Waals surface area contributed by atoms with E-state index in [0.29, 0.717) is 28.3 Å². The highest BCUT2D eigenvalue weighted by Crippen LogP contribution is 2.37. The number of benzene rings is 3. The summed E-state index contributed by atoms with van der Waals surface area (Å²) in [6, 6.07) is 15.7. The first-order valence-corrected chi connectivity index (χ1v) is 16.8. The topological polar surface area (TPSA) is 110 Å². The quantitative estimate of drug-likeness (QED) is 0.298. The number of H-pyrrole nitrogens is 1. The molecule has 0 fully saturated rings. The Kier molecular flexibility index (Phi) is 6.86. The highest BCUT2D eigenvalue weighted by Gasteiger charge is 2.17. The van der Waals surface area contributed by atoms with E-state index in [1.165, 1.54) is 12.3 Å². The molecule has 0 unspecified atom stereocenters. The van der Waals surface area contributed by atoms with Crippen LogP contribution in [0.2, 0.25) is 19.6 Å². The van der Waals surface area contributed by atoms with Gasteiger partial charge in [-0.25, -0.2) is 17.8 Å². The number of hydrogen-bond acceptors (Lipinski definition) is 5. The maximum absolute atomic E-state index is 12.6. The molecule has 0 amide bonds. The van der Waals surface area contributed by atoms with Crippen LogP contribution in [0.15, 0.2) is 70.4 Å². The summed E-state index contributed by atoms with van der Waals surface area (Å²) in [5.41, 5.74) is 5.16. The van der Waals surface area contributed by atoms with E-state index in [1.54, 1.807) is 31.4 Å². The van der Waals surface area contributed by atoms with Gasteiger partial charge >= 0.3 is 5.69 Å². The van der Waals surface area contributed by atoms with Crippen LogP contribution >= 0.6 is 0 Å². The number of nitrogens with zero attached hydrogens (tertiary/aromatic N) is 1. The number of aromatic amines is 1. The van der Waals surface area contributed by atoms with Crippen molar-refractivity contribution in [1.29, 1.82) is 0 Å². The summed E-state index contributed by atoms with van der Waals surface area (Å²) in [5, 5.41) is 1.70. The molecule has 0 aliphatic carbocycles. The van der Waals surface area contributed by atoms with Crippen LogP contribution in [0.1, 0.15) is 5.56 Å². The zero-order valence-electron chi connectivity index (χ0n) is 21.2. The molecule has 1 heterocycles. The smallest absolute Gasteiger partial charge is 0.332 e. The Morgan fingerprint density at radius 2 is 1.68 bits per heavy atom. The van der Waals surface area contributed by atoms with E-state index in [1.807, 2.05) is 24.3 Å². The summed E-state index contributed by atoms with van der Waals surface area (Å²) in [4.78, 5) is 27.7. The Labute approximate surface area is 216 Å². The normalized spacial score (nSPS) is 11.6. The van der Waals surface area contributed by atoms with E-state index in [4.69, 9.17) is 4.74 Å². The van der Waals surface area contributed by atoms with Gasteiger partial charge in [0.1, 0.15) is 13.8 Å². The minimum atomic E-state index is -3.40. The summed E-state index contributed by atoms with van der Waals surface area (Å²) < 4.78 is 32.6. The number of sulfonamides is 1. The predicted molar refractivity (Wildman–Crippen MR) is 151 cm³/mol. The lowest BCUT2D eigenvalue weighted by molar-refractivity contribution is 0.415. The number of hydrogen-bond donors (Lipinski definition) is 2. The average molecular weight is 534 g/mol. The van der Waals surface area contributed by atoms with Gasteiger partial charge in [-0.3, -0.25) is 9.52 Å². The first kappa shape index (κ1) is 26.0. The zero-order chi connectivity index (χ0) is 27.0. The Morgan fingerprint density at radius 3 is 2.32 bits per heavy atom. The summed E-state index contributed by atoms with van der Waals surface area (Å²) in [7, 11) is -3.59. The SMILES string of the molecule is COc1c(C#C[Si](C)(C)C)cc(-n2c(=O)cc[nH]c2=O)cc1-c1ccc2cc(NS(C)(=O)=O)ccc2c1. The molecule has 0 saturated carbocycles. The van der Waals surface area contributed by atoms with E-state index in [2.05, 4.69) is 40.8 Å². The number of rotatable bonds is 5. The number of fused-ring (bicyclic) bond motifs is 1. The Hall–Kier alpha value is -4.07. The largest absolute Gasteiger partial charge is 0.495 e. The van der Waals surface area contributed by atoms with Gasteiger partial charge in [-0.2, -0.15) is 0 Å². The first-order chi connectivity index (χ1) is 17.3. The van der Waals surface area contributed by atoms with Crippen LogP contribution in [-0.4, -0.2) is 39.4 Å². The molecular weight excluding hydrogens is 506 g/mol. The first-order valence-electron chi connectivity index (χ1n) is 11.4. The van der Waals surface area contributed by atoms with Gasteiger partial charge in [0.2, 0.25) is 10.0 Å². The third-order valence-electron chi connectivity index (χ3n) is 5.42. The lowest BCUT2D eigenvalue weighted by atomic mass is 9.97. The molecule has 10 heteroatoms. The molecule has 0 saturated heterocycles. The molecule has 2 N–H and O–H groups in total. The maximum atomic E-state index is 12.6. The van der Waals surface area contributed by atoms with Crippen molar-refractivity contribution >= 4 is 34.6 Å². The van der Waals surface area contributed by atoms with E-state index in [-0.39, 0.29) is 0 Å². The fourth-order valence-corrected chi connectivity index (χ4v) is 4.95. The van der Waals surface area contributed by atoms with E-state index in [0.717, 1.165) is 27.2 Å². The van der Waals surface area contributed by atoms with Gasteiger partial charge in [-0.1, -0.05) is 43.8 Å². The standard InChI is InChI=1S/C27H27N3O5SSi/c1-35-26-21(11-13-37(3,4)5)16-23(30-25(31)10-12-28-27(30)32)17-24(26)20-7-6-19-15-22(29-36(2,33)34)9-8-18(19)14-20/h6-10,12,14-17,29H,1-5H3,(H,28,32). The summed E-state index contributed by atoms with van der Waals surface area (Å²) >= 11 is 0. The highest BCUT2D eigenvalue weighted by atomic mass is 32.2. The summed E-state index contributed by atoms with van der Waals surface area (Å²) in [5.74, 6) is 3.76. The van der Waals surface area contributed by atoms with Gasteiger partial charge < -0.3 is 9.72 Å². The van der Waals surface area contributed by atoms with Gasteiger partial charge in [0.05, 0.1) is 24.6 Å². The lowest BCUT2D eigenvalue weighted by Gasteiger charge is -2.16. The molecule has 3 aromatic carbocycles. The second kappa shape index (κ2) is 9.76. The molecule has 1 aromatic heterocycles. The third kappa shape index (κ3) is 6.02. The molecule has 0 bridgehead atoms. The molecule has 37 heavy (non-hydrogen) atoms. The van der Waals surface area contributed by atoms with Crippen LogP contribution in [0, 0.1) is 11.5 Å². The van der Waals surface area contributed by atoms with E-state index >= 15 is 0 Å². The van der Waals surface area contributed by atoms with Crippen molar-refractivity contribution in [1.82, 2.24) is 9.55 Å². The second-order valence-electron chi connectivity index (χ2n) is 9.68. The fraction of sp³-hybridized carbons (Fsp3) is 0.185. The van der Waals surface area contributed by atoms with Gasteiger partial charge in [0.25, 0.3) is 5.56 Å². The molecule has 0 aliphatic heterocycles. The van der Waals surface area contributed by atoms with Crippen molar-refractivity contribution in [3.63, 3.8) is 0 Å². The lowest BCUT2D eigenvalue weighted by Crippen LogP contribution is -2.32. The Morgan fingerprint density at radius 1 is 0.973 bits per heavy atom. The minimum absolute atomic E-state index is 0.371. The number of aromatic nitrogens is 2. The second-order valence-corrected chi connectivity index (χ2v) is 16.2. The molecular formula is C27H27N3O5SSi. The van der Waals surface area contributed by atoms with Gasteiger partial charge in [-0.05, 0) is 46.7 Å². The van der Waals surface area contributed by atoms with Crippen LogP contribution in [0.4, 0.5) is 5.69 Å². The Balaban J connectivity index is 1.97. The van der Waals surface area contributed by atoms with E-state index in [9.17, 15) is 18.0 Å². The van der Waals surface area contributed by atoms with Crippen LogP contribution in [0.3, 0.4) is 0 Å². The van der Waals surface area contributed by atoms with Gasteiger partial charge in [0.15, 0.2) is 0 Å². The highest BCUT2D eigenvalue weighted by molar-refractivity contribution is 7.92. The predicted octanol–water partition coefficient (Wildman–Crippen LogP) is 3.96. The maximum Gasteiger partial charge on any atom is 0.332 e. The molecule has 190 valence electrons. The van der Waals surface area contributed by atoms with Crippen LogP contribution < -0.4 is 20.7 Å². The number of methoxy groups -OCH3 is 1.